The number of amides is 2. The molecule has 30 heavy (non-hydrogen) atoms. The van der Waals surface area contributed by atoms with E-state index in [1.807, 2.05) is 67.5 Å². The molecule has 6 nitrogen and oxygen atoms in total. The molecule has 0 atom stereocenters. The Balaban J connectivity index is 1.80. The Kier molecular flexibility index (Phi) is 5.48. The molecule has 1 saturated heterocycles. The van der Waals surface area contributed by atoms with Gasteiger partial charge in [0.15, 0.2) is 0 Å². The maximum atomic E-state index is 13.6. The van der Waals surface area contributed by atoms with Gasteiger partial charge in [-0.15, -0.1) is 0 Å². The number of likely N-dealkylation sites (tertiary alicyclic amines) is 1. The third kappa shape index (κ3) is 3.54. The van der Waals surface area contributed by atoms with Gasteiger partial charge in [-0.1, -0.05) is 18.2 Å². The predicted octanol–water partition coefficient (Wildman–Crippen LogP) is 3.53. The number of ether oxygens (including phenoxy) is 1. The monoisotopic (exact) mass is 405 g/mol. The first kappa shape index (κ1) is 20.0. The highest BCUT2D eigenvalue weighted by atomic mass is 16.5. The SMILES string of the molecule is COc1ccc(C2=C(N3CCCCC3)C(=O)N(c3cccc(N(C)C)c3)C2=O)cc1. The van der Waals surface area contributed by atoms with Gasteiger partial charge in [-0.25, -0.2) is 4.90 Å². The van der Waals surface area contributed by atoms with Crippen LogP contribution in [-0.2, 0) is 9.59 Å². The molecule has 2 heterocycles. The molecule has 156 valence electrons. The number of rotatable bonds is 5. The second-order valence-electron chi connectivity index (χ2n) is 7.86. The van der Waals surface area contributed by atoms with Gasteiger partial charge in [-0.2, -0.15) is 0 Å². The topological polar surface area (TPSA) is 53.1 Å². The molecule has 1 fully saturated rings. The maximum absolute atomic E-state index is 13.6. The van der Waals surface area contributed by atoms with Gasteiger partial charge in [0.25, 0.3) is 11.8 Å². The van der Waals surface area contributed by atoms with E-state index >= 15 is 0 Å². The van der Waals surface area contributed by atoms with E-state index in [4.69, 9.17) is 4.74 Å². The summed E-state index contributed by atoms with van der Waals surface area (Å²) in [6.45, 7) is 1.58. The number of piperidine rings is 1. The predicted molar refractivity (Wildman–Crippen MR) is 119 cm³/mol. The Morgan fingerprint density at radius 1 is 0.900 bits per heavy atom. The van der Waals surface area contributed by atoms with Crippen molar-refractivity contribution < 1.29 is 14.3 Å². The maximum Gasteiger partial charge on any atom is 0.282 e. The van der Waals surface area contributed by atoms with E-state index in [0.29, 0.717) is 22.7 Å². The second kappa shape index (κ2) is 8.22. The first-order valence-corrected chi connectivity index (χ1v) is 10.3. The molecule has 0 radical (unpaired) electrons. The van der Waals surface area contributed by atoms with Gasteiger partial charge in [-0.3, -0.25) is 9.59 Å². The zero-order chi connectivity index (χ0) is 21.3. The molecule has 0 saturated carbocycles. The zero-order valence-electron chi connectivity index (χ0n) is 17.7. The highest BCUT2D eigenvalue weighted by Gasteiger charge is 2.42. The van der Waals surface area contributed by atoms with Crippen LogP contribution in [0.2, 0.25) is 0 Å². The van der Waals surface area contributed by atoms with Gasteiger partial charge in [0.05, 0.1) is 18.4 Å². The van der Waals surface area contributed by atoms with Gasteiger partial charge >= 0.3 is 0 Å². The van der Waals surface area contributed by atoms with Crippen molar-refractivity contribution in [3.8, 4) is 5.75 Å². The molecule has 2 aromatic carbocycles. The molecule has 2 amide bonds. The first-order valence-electron chi connectivity index (χ1n) is 10.3. The van der Waals surface area contributed by atoms with Crippen molar-refractivity contribution in [2.24, 2.45) is 0 Å². The molecule has 4 rings (SSSR count). The Bertz CT molecular complexity index is 989. The molecule has 0 bridgehead atoms. The van der Waals surface area contributed by atoms with Gasteiger partial charge in [0.2, 0.25) is 0 Å². The van der Waals surface area contributed by atoms with E-state index < -0.39 is 0 Å². The van der Waals surface area contributed by atoms with Crippen LogP contribution in [0.5, 0.6) is 5.75 Å². The lowest BCUT2D eigenvalue weighted by molar-refractivity contribution is -0.120. The number of methoxy groups -OCH3 is 1. The normalized spacial score (nSPS) is 17.0. The van der Waals surface area contributed by atoms with Crippen LogP contribution in [-0.4, -0.2) is 51.0 Å². The van der Waals surface area contributed by atoms with Crippen LogP contribution in [0.3, 0.4) is 0 Å². The summed E-state index contributed by atoms with van der Waals surface area (Å²) in [6.07, 6.45) is 3.20. The summed E-state index contributed by atoms with van der Waals surface area (Å²) in [5.74, 6) is 0.191. The molecule has 6 heteroatoms. The summed E-state index contributed by atoms with van der Waals surface area (Å²) in [4.78, 5) is 32.5. The summed E-state index contributed by atoms with van der Waals surface area (Å²) < 4.78 is 5.26. The molecule has 0 spiro atoms. The molecule has 0 aliphatic carbocycles. The van der Waals surface area contributed by atoms with Crippen LogP contribution in [0.25, 0.3) is 5.57 Å². The molecule has 0 unspecified atom stereocenters. The number of hydrogen-bond donors (Lipinski definition) is 0. The number of carbonyl (C=O) groups excluding carboxylic acids is 2. The lowest BCUT2D eigenvalue weighted by Crippen LogP contribution is -2.37. The van der Waals surface area contributed by atoms with E-state index in [1.54, 1.807) is 7.11 Å². The van der Waals surface area contributed by atoms with E-state index in [-0.39, 0.29) is 11.8 Å². The van der Waals surface area contributed by atoms with Crippen molar-refractivity contribution in [1.29, 1.82) is 0 Å². The summed E-state index contributed by atoms with van der Waals surface area (Å²) in [7, 11) is 5.48. The highest BCUT2D eigenvalue weighted by Crippen LogP contribution is 2.37. The Labute approximate surface area is 177 Å². The van der Waals surface area contributed by atoms with E-state index in [9.17, 15) is 9.59 Å². The van der Waals surface area contributed by atoms with E-state index in [1.165, 1.54) is 4.90 Å². The number of benzene rings is 2. The third-order valence-corrected chi connectivity index (χ3v) is 5.71. The Morgan fingerprint density at radius 3 is 2.23 bits per heavy atom. The van der Waals surface area contributed by atoms with Gasteiger partial charge in [-0.05, 0) is 55.2 Å². The number of anilines is 2. The van der Waals surface area contributed by atoms with Crippen molar-refractivity contribution >= 4 is 28.8 Å². The third-order valence-electron chi connectivity index (χ3n) is 5.71. The number of carbonyl (C=O) groups is 2. The van der Waals surface area contributed by atoms with Crippen LogP contribution < -0.4 is 14.5 Å². The fraction of sp³-hybridized carbons (Fsp3) is 0.333. The van der Waals surface area contributed by atoms with Crippen molar-refractivity contribution in [2.45, 2.75) is 19.3 Å². The zero-order valence-corrected chi connectivity index (χ0v) is 17.7. The molecule has 0 aromatic heterocycles. The smallest absolute Gasteiger partial charge is 0.282 e. The van der Waals surface area contributed by atoms with Gasteiger partial charge in [0.1, 0.15) is 11.4 Å². The molecule has 2 aliphatic rings. The summed E-state index contributed by atoms with van der Waals surface area (Å²) >= 11 is 0. The average Bonchev–Trinajstić information content (AvgIpc) is 3.04. The fourth-order valence-electron chi connectivity index (χ4n) is 4.09. The van der Waals surface area contributed by atoms with Crippen molar-refractivity contribution in [3.63, 3.8) is 0 Å². The molecule has 2 aromatic rings. The number of imide groups is 1. The molecular formula is C24H27N3O3. The van der Waals surface area contributed by atoms with Gasteiger partial charge < -0.3 is 14.5 Å². The van der Waals surface area contributed by atoms with Crippen LogP contribution in [0.4, 0.5) is 11.4 Å². The van der Waals surface area contributed by atoms with Crippen molar-refractivity contribution in [3.05, 3.63) is 59.8 Å². The summed E-state index contributed by atoms with van der Waals surface area (Å²) in [5, 5.41) is 0. The standard InChI is InChI=1S/C24H27N3O3/c1-25(2)18-8-7-9-19(16-18)27-23(28)21(17-10-12-20(30-3)13-11-17)22(24(27)29)26-14-5-4-6-15-26/h7-13,16H,4-6,14-15H2,1-3H3. The van der Waals surface area contributed by atoms with Crippen LogP contribution in [0.15, 0.2) is 54.2 Å². The summed E-state index contributed by atoms with van der Waals surface area (Å²) in [5.41, 5.74) is 3.25. The van der Waals surface area contributed by atoms with Crippen molar-refractivity contribution in [1.82, 2.24) is 4.90 Å². The minimum atomic E-state index is -0.276. The first-order chi connectivity index (χ1) is 14.5. The van der Waals surface area contributed by atoms with E-state index in [0.717, 1.165) is 43.6 Å². The lowest BCUT2D eigenvalue weighted by Gasteiger charge is -2.29. The Hall–Kier alpha value is -3.28. The number of hydrogen-bond acceptors (Lipinski definition) is 5. The quantitative estimate of drug-likeness (QED) is 0.713. The lowest BCUT2D eigenvalue weighted by atomic mass is 10.0. The molecule has 0 N–H and O–H groups in total. The minimum absolute atomic E-state index is 0.247. The average molecular weight is 405 g/mol. The number of nitrogens with zero attached hydrogens (tertiary/aromatic N) is 3. The fourth-order valence-corrected chi connectivity index (χ4v) is 4.09. The van der Waals surface area contributed by atoms with E-state index in [2.05, 4.69) is 4.90 Å². The van der Waals surface area contributed by atoms with Crippen molar-refractivity contribution in [2.75, 3.05) is 44.1 Å². The summed E-state index contributed by atoms with van der Waals surface area (Å²) in [6, 6.07) is 14.9. The molecular weight excluding hydrogens is 378 g/mol. The van der Waals surface area contributed by atoms with Gasteiger partial charge in [0, 0.05) is 32.9 Å². The molecule has 2 aliphatic heterocycles. The second-order valence-corrected chi connectivity index (χ2v) is 7.86. The Morgan fingerprint density at radius 2 is 1.60 bits per heavy atom. The van der Waals surface area contributed by atoms with Crippen LogP contribution in [0, 0.1) is 0 Å². The highest BCUT2D eigenvalue weighted by molar-refractivity contribution is 6.45. The largest absolute Gasteiger partial charge is 0.497 e. The van der Waals surface area contributed by atoms with Crippen LogP contribution in [0.1, 0.15) is 24.8 Å². The minimum Gasteiger partial charge on any atom is -0.497 e. The van der Waals surface area contributed by atoms with Crippen LogP contribution >= 0.6 is 0 Å².